The number of hydrogen-bond donors (Lipinski definition) is 0. The van der Waals surface area contributed by atoms with Gasteiger partial charge in [-0.2, -0.15) is 0 Å². The Kier molecular flexibility index (Phi) is 4.30. The van der Waals surface area contributed by atoms with Crippen LogP contribution in [0.4, 0.5) is 5.69 Å². The van der Waals surface area contributed by atoms with E-state index in [1.165, 1.54) is 0 Å². The molecule has 0 bridgehead atoms. The average Bonchev–Trinajstić information content (AvgIpc) is 2.83. The Morgan fingerprint density at radius 1 is 1.09 bits per heavy atom. The fraction of sp³-hybridized carbons (Fsp3) is 0.158. The minimum Gasteiger partial charge on any atom is -0.303 e. The second-order valence-electron chi connectivity index (χ2n) is 5.54. The van der Waals surface area contributed by atoms with Crippen molar-refractivity contribution in [1.82, 2.24) is 9.55 Å². The number of aromatic nitrogens is 2. The quantitative estimate of drug-likeness (QED) is 0.609. The molecule has 0 unspecified atom stereocenters. The lowest BCUT2D eigenvalue weighted by molar-refractivity contribution is 0.921. The number of nitrogens with zero attached hydrogens (tertiary/aromatic N) is 3. The van der Waals surface area contributed by atoms with Crippen molar-refractivity contribution in [3.8, 4) is 5.82 Å². The second-order valence-corrected chi connectivity index (χ2v) is 5.95. The molecule has 0 spiro atoms. The van der Waals surface area contributed by atoms with Gasteiger partial charge in [0.05, 0.1) is 5.69 Å². The van der Waals surface area contributed by atoms with Gasteiger partial charge in [-0.15, -0.1) is 0 Å². The van der Waals surface area contributed by atoms with Gasteiger partial charge < -0.3 is 4.57 Å². The number of rotatable bonds is 3. The summed E-state index contributed by atoms with van der Waals surface area (Å²) in [5, 5.41) is 0.735. The molecular weight excluding hydrogens is 306 g/mol. The van der Waals surface area contributed by atoms with Crippen LogP contribution in [0, 0.1) is 20.8 Å². The van der Waals surface area contributed by atoms with Crippen molar-refractivity contribution < 1.29 is 0 Å². The van der Waals surface area contributed by atoms with Gasteiger partial charge in [-0.3, -0.25) is 4.99 Å². The first-order valence-corrected chi connectivity index (χ1v) is 7.84. The molecule has 116 valence electrons. The van der Waals surface area contributed by atoms with Gasteiger partial charge in [-0.1, -0.05) is 23.7 Å². The number of benzene rings is 1. The van der Waals surface area contributed by atoms with E-state index in [9.17, 15) is 0 Å². The molecule has 3 rings (SSSR count). The lowest BCUT2D eigenvalue weighted by Crippen LogP contribution is -2.01. The van der Waals surface area contributed by atoms with Crippen LogP contribution >= 0.6 is 11.6 Å². The van der Waals surface area contributed by atoms with Crippen molar-refractivity contribution in [2.75, 3.05) is 0 Å². The molecule has 1 aromatic carbocycles. The zero-order valence-electron chi connectivity index (χ0n) is 13.4. The average molecular weight is 324 g/mol. The molecule has 0 atom stereocenters. The zero-order valence-corrected chi connectivity index (χ0v) is 14.2. The Balaban J connectivity index is 1.95. The molecule has 0 aliphatic rings. The van der Waals surface area contributed by atoms with Gasteiger partial charge in [-0.25, -0.2) is 4.98 Å². The molecule has 23 heavy (non-hydrogen) atoms. The van der Waals surface area contributed by atoms with Crippen molar-refractivity contribution in [2.45, 2.75) is 20.8 Å². The molecule has 0 aliphatic heterocycles. The van der Waals surface area contributed by atoms with Gasteiger partial charge in [0.15, 0.2) is 0 Å². The van der Waals surface area contributed by atoms with Crippen LogP contribution in [0.1, 0.15) is 22.5 Å². The number of aryl methyl sites for hydroxylation is 2. The van der Waals surface area contributed by atoms with Crippen molar-refractivity contribution in [3.63, 3.8) is 0 Å². The van der Waals surface area contributed by atoms with Crippen LogP contribution < -0.4 is 0 Å². The maximum Gasteiger partial charge on any atom is 0.136 e. The van der Waals surface area contributed by atoms with Crippen molar-refractivity contribution in [1.29, 1.82) is 0 Å². The van der Waals surface area contributed by atoms with E-state index in [2.05, 4.69) is 34.5 Å². The molecule has 0 saturated carbocycles. The molecule has 0 saturated heterocycles. The maximum atomic E-state index is 6.15. The molecule has 0 fully saturated rings. The number of halogens is 1. The Morgan fingerprint density at radius 2 is 1.91 bits per heavy atom. The van der Waals surface area contributed by atoms with E-state index in [1.54, 1.807) is 6.20 Å². The molecule has 3 aromatic rings. The molecule has 0 amide bonds. The summed E-state index contributed by atoms with van der Waals surface area (Å²) in [6, 6.07) is 13.8. The molecule has 2 aromatic heterocycles. The van der Waals surface area contributed by atoms with Gasteiger partial charge in [0, 0.05) is 34.4 Å². The summed E-state index contributed by atoms with van der Waals surface area (Å²) in [7, 11) is 0. The molecule has 4 heteroatoms. The van der Waals surface area contributed by atoms with Gasteiger partial charge >= 0.3 is 0 Å². The van der Waals surface area contributed by atoms with Gasteiger partial charge in [0.2, 0.25) is 0 Å². The van der Waals surface area contributed by atoms with Gasteiger partial charge in [0.1, 0.15) is 5.82 Å². The lowest BCUT2D eigenvalue weighted by atomic mass is 10.2. The van der Waals surface area contributed by atoms with Gasteiger partial charge in [0.25, 0.3) is 0 Å². The highest BCUT2D eigenvalue weighted by Gasteiger charge is 2.09. The predicted octanol–water partition coefficient (Wildman–Crippen LogP) is 5.20. The van der Waals surface area contributed by atoms with Crippen molar-refractivity contribution in [3.05, 3.63) is 76.2 Å². The molecule has 3 nitrogen and oxygen atoms in total. The standard InChI is InChI=1S/C19H18ClN3/c1-13-7-8-17(11-18(13)20)22-12-16-10-14(2)23(15(16)3)19-6-4-5-9-21-19/h4-12H,1-3H3. The first-order valence-electron chi connectivity index (χ1n) is 7.47. The van der Waals surface area contributed by atoms with Crippen LogP contribution in [0.15, 0.2) is 53.7 Å². The largest absolute Gasteiger partial charge is 0.303 e. The first kappa shape index (κ1) is 15.5. The van der Waals surface area contributed by atoms with E-state index in [0.29, 0.717) is 0 Å². The van der Waals surface area contributed by atoms with Crippen LogP contribution in [0.3, 0.4) is 0 Å². The summed E-state index contributed by atoms with van der Waals surface area (Å²) in [5.41, 5.74) is 5.22. The minimum atomic E-state index is 0.735. The Morgan fingerprint density at radius 3 is 2.61 bits per heavy atom. The summed E-state index contributed by atoms with van der Waals surface area (Å²) < 4.78 is 2.13. The zero-order chi connectivity index (χ0) is 16.4. The van der Waals surface area contributed by atoms with Crippen LogP contribution in [-0.2, 0) is 0 Å². The van der Waals surface area contributed by atoms with Crippen LogP contribution in [0.5, 0.6) is 0 Å². The van der Waals surface area contributed by atoms with E-state index in [0.717, 1.165) is 39.0 Å². The molecular formula is C19H18ClN3. The summed E-state index contributed by atoms with van der Waals surface area (Å²) in [6.45, 7) is 6.13. The Hall–Kier alpha value is -2.39. The van der Waals surface area contributed by atoms with Crippen molar-refractivity contribution in [2.24, 2.45) is 4.99 Å². The van der Waals surface area contributed by atoms with Crippen molar-refractivity contribution >= 4 is 23.5 Å². The van der Waals surface area contributed by atoms with E-state index in [4.69, 9.17) is 11.6 Å². The lowest BCUT2D eigenvalue weighted by Gasteiger charge is -2.07. The fourth-order valence-corrected chi connectivity index (χ4v) is 2.74. The fourth-order valence-electron chi connectivity index (χ4n) is 2.56. The third kappa shape index (κ3) is 3.20. The van der Waals surface area contributed by atoms with E-state index in [1.807, 2.05) is 49.5 Å². The summed E-state index contributed by atoms with van der Waals surface area (Å²) in [4.78, 5) is 8.97. The second kappa shape index (κ2) is 6.39. The summed E-state index contributed by atoms with van der Waals surface area (Å²) in [6.07, 6.45) is 3.68. The Labute approximate surface area is 141 Å². The van der Waals surface area contributed by atoms with Crippen LogP contribution in [0.2, 0.25) is 5.02 Å². The molecule has 0 N–H and O–H groups in total. The predicted molar refractivity (Wildman–Crippen MR) is 96.5 cm³/mol. The third-order valence-corrected chi connectivity index (χ3v) is 4.26. The maximum absolute atomic E-state index is 6.15. The highest BCUT2D eigenvalue weighted by molar-refractivity contribution is 6.31. The summed E-state index contributed by atoms with van der Waals surface area (Å²) in [5.74, 6) is 0.917. The van der Waals surface area contributed by atoms with E-state index in [-0.39, 0.29) is 0 Å². The van der Waals surface area contributed by atoms with Gasteiger partial charge in [-0.05, 0) is 56.7 Å². The minimum absolute atomic E-state index is 0.735. The molecule has 2 heterocycles. The Bertz CT molecular complexity index is 864. The summed E-state index contributed by atoms with van der Waals surface area (Å²) >= 11 is 6.15. The normalized spacial score (nSPS) is 11.3. The highest BCUT2D eigenvalue weighted by Crippen LogP contribution is 2.23. The number of aliphatic imine (C=N–C) groups is 1. The third-order valence-electron chi connectivity index (χ3n) is 3.86. The van der Waals surface area contributed by atoms with Crippen LogP contribution in [0.25, 0.3) is 5.82 Å². The monoisotopic (exact) mass is 323 g/mol. The van der Waals surface area contributed by atoms with E-state index < -0.39 is 0 Å². The number of hydrogen-bond acceptors (Lipinski definition) is 2. The molecule has 0 aliphatic carbocycles. The smallest absolute Gasteiger partial charge is 0.136 e. The number of pyridine rings is 1. The topological polar surface area (TPSA) is 30.2 Å². The SMILES string of the molecule is Cc1ccc(N=Cc2cc(C)n(-c3ccccn3)c2C)cc1Cl. The van der Waals surface area contributed by atoms with Crippen LogP contribution in [-0.4, -0.2) is 15.8 Å². The molecule has 0 radical (unpaired) electrons. The van der Waals surface area contributed by atoms with E-state index >= 15 is 0 Å². The highest BCUT2D eigenvalue weighted by atomic mass is 35.5. The first-order chi connectivity index (χ1) is 11.1.